The number of hydrogen-bond acceptors (Lipinski definition) is 4. The number of rotatable bonds is 5. The Kier molecular flexibility index (Phi) is 5.96. The van der Waals surface area contributed by atoms with Gasteiger partial charge in [-0.3, -0.25) is 9.59 Å². The third-order valence-electron chi connectivity index (χ3n) is 5.32. The standard InChI is InChI=1S/C19H25F2N3O4S/c1-11(2)6-18-19(26)23-9-13(22-12(3)25)7-14(23)10-24(18)29(27,28)15-4-5-16(20)17(21)8-15/h4-5,8,11,13-14,18H,6-7,9-10H2,1-3H3,(H,22,25). The van der Waals surface area contributed by atoms with Crippen LogP contribution in [-0.4, -0.2) is 60.7 Å². The maximum atomic E-state index is 13.7. The summed E-state index contributed by atoms with van der Waals surface area (Å²) in [6.45, 7) is 5.52. The first-order valence-corrected chi connectivity index (χ1v) is 11.0. The third-order valence-corrected chi connectivity index (χ3v) is 7.19. The molecule has 160 valence electrons. The summed E-state index contributed by atoms with van der Waals surface area (Å²) in [5, 5.41) is 2.78. The number of hydrogen-bond donors (Lipinski definition) is 1. The van der Waals surface area contributed by atoms with Gasteiger partial charge in [0.25, 0.3) is 0 Å². The summed E-state index contributed by atoms with van der Waals surface area (Å²) in [4.78, 5) is 25.8. The molecule has 1 aromatic rings. The van der Waals surface area contributed by atoms with Crippen LogP contribution < -0.4 is 5.32 Å². The van der Waals surface area contributed by atoms with Crippen LogP contribution >= 0.6 is 0 Å². The number of carbonyl (C=O) groups excluding carboxylic acids is 2. The van der Waals surface area contributed by atoms with Gasteiger partial charge in [0, 0.05) is 32.1 Å². The van der Waals surface area contributed by atoms with E-state index >= 15 is 0 Å². The Morgan fingerprint density at radius 2 is 1.93 bits per heavy atom. The van der Waals surface area contributed by atoms with Gasteiger partial charge in [0.15, 0.2) is 11.6 Å². The van der Waals surface area contributed by atoms with Crippen LogP contribution in [0.5, 0.6) is 0 Å². The maximum absolute atomic E-state index is 13.7. The van der Waals surface area contributed by atoms with Crippen LogP contribution in [0.15, 0.2) is 23.1 Å². The minimum absolute atomic E-state index is 0.0388. The minimum Gasteiger partial charge on any atom is -0.352 e. The van der Waals surface area contributed by atoms with E-state index in [9.17, 15) is 26.8 Å². The number of benzene rings is 1. The fourth-order valence-corrected chi connectivity index (χ4v) is 5.75. The van der Waals surface area contributed by atoms with Crippen molar-refractivity contribution in [1.82, 2.24) is 14.5 Å². The normalized spacial score (nSPS) is 25.4. The summed E-state index contributed by atoms with van der Waals surface area (Å²) in [6, 6.07) is 0.851. The molecule has 2 aliphatic heterocycles. The molecule has 2 aliphatic rings. The lowest BCUT2D eigenvalue weighted by Crippen LogP contribution is -2.61. The Morgan fingerprint density at radius 3 is 2.52 bits per heavy atom. The zero-order chi connectivity index (χ0) is 21.5. The van der Waals surface area contributed by atoms with Crippen molar-refractivity contribution >= 4 is 21.8 Å². The van der Waals surface area contributed by atoms with E-state index in [-0.39, 0.29) is 41.3 Å². The molecule has 2 heterocycles. The van der Waals surface area contributed by atoms with Gasteiger partial charge in [0.2, 0.25) is 21.8 Å². The van der Waals surface area contributed by atoms with Crippen LogP contribution in [0.25, 0.3) is 0 Å². The molecular weight excluding hydrogens is 404 g/mol. The van der Waals surface area contributed by atoms with E-state index in [1.165, 1.54) is 6.92 Å². The highest BCUT2D eigenvalue weighted by Gasteiger charge is 2.49. The predicted octanol–water partition coefficient (Wildman–Crippen LogP) is 1.49. The Balaban J connectivity index is 1.96. The molecule has 3 atom stereocenters. The maximum Gasteiger partial charge on any atom is 0.243 e. The molecule has 3 rings (SSSR count). The molecule has 0 radical (unpaired) electrons. The van der Waals surface area contributed by atoms with E-state index < -0.39 is 27.7 Å². The molecule has 0 aromatic heterocycles. The van der Waals surface area contributed by atoms with Gasteiger partial charge >= 0.3 is 0 Å². The Hall–Kier alpha value is -2.07. The molecular formula is C19H25F2N3O4S. The van der Waals surface area contributed by atoms with Crippen molar-refractivity contribution < 1.29 is 26.8 Å². The average Bonchev–Trinajstić information content (AvgIpc) is 3.01. The SMILES string of the molecule is CC(=O)NC1CC2CN(S(=O)(=O)c3ccc(F)c(F)c3)C(CC(C)C)C(=O)N2C1. The molecule has 10 heteroatoms. The summed E-state index contributed by atoms with van der Waals surface area (Å²) >= 11 is 0. The van der Waals surface area contributed by atoms with E-state index in [1.807, 2.05) is 13.8 Å². The fraction of sp³-hybridized carbons (Fsp3) is 0.579. The summed E-state index contributed by atoms with van der Waals surface area (Å²) < 4.78 is 54.5. The second-order valence-corrected chi connectivity index (χ2v) is 9.96. The van der Waals surface area contributed by atoms with Crippen LogP contribution in [-0.2, 0) is 19.6 Å². The molecule has 1 N–H and O–H groups in total. The Labute approximate surface area is 169 Å². The molecule has 2 fully saturated rings. The zero-order valence-electron chi connectivity index (χ0n) is 16.6. The Bertz CT molecular complexity index is 922. The molecule has 2 amide bonds. The second kappa shape index (κ2) is 7.98. The van der Waals surface area contributed by atoms with E-state index in [2.05, 4.69) is 5.32 Å². The number of amides is 2. The second-order valence-electron chi connectivity index (χ2n) is 8.07. The molecule has 2 saturated heterocycles. The van der Waals surface area contributed by atoms with Crippen LogP contribution in [0.3, 0.4) is 0 Å². The summed E-state index contributed by atoms with van der Waals surface area (Å²) in [5.74, 6) is -2.90. The van der Waals surface area contributed by atoms with Gasteiger partial charge in [-0.05, 0) is 37.0 Å². The monoisotopic (exact) mass is 429 g/mol. The van der Waals surface area contributed by atoms with Gasteiger partial charge < -0.3 is 10.2 Å². The van der Waals surface area contributed by atoms with Gasteiger partial charge in [0.1, 0.15) is 6.04 Å². The first kappa shape index (κ1) is 21.6. The zero-order valence-corrected chi connectivity index (χ0v) is 17.4. The predicted molar refractivity (Wildman–Crippen MR) is 101 cm³/mol. The molecule has 0 saturated carbocycles. The van der Waals surface area contributed by atoms with Crippen molar-refractivity contribution in [3.63, 3.8) is 0 Å². The molecule has 7 nitrogen and oxygen atoms in total. The van der Waals surface area contributed by atoms with Gasteiger partial charge in [-0.2, -0.15) is 4.31 Å². The molecule has 1 aromatic carbocycles. The molecule has 3 unspecified atom stereocenters. The van der Waals surface area contributed by atoms with Crippen molar-refractivity contribution in [3.05, 3.63) is 29.8 Å². The van der Waals surface area contributed by atoms with E-state index in [4.69, 9.17) is 0 Å². The molecule has 0 bridgehead atoms. The van der Waals surface area contributed by atoms with E-state index in [1.54, 1.807) is 4.90 Å². The summed E-state index contributed by atoms with van der Waals surface area (Å²) in [7, 11) is -4.22. The van der Waals surface area contributed by atoms with Crippen molar-refractivity contribution in [1.29, 1.82) is 0 Å². The van der Waals surface area contributed by atoms with Gasteiger partial charge in [-0.15, -0.1) is 0 Å². The lowest BCUT2D eigenvalue weighted by atomic mass is 9.99. The number of sulfonamides is 1. The first-order chi connectivity index (χ1) is 13.5. The Morgan fingerprint density at radius 1 is 1.24 bits per heavy atom. The largest absolute Gasteiger partial charge is 0.352 e. The quantitative estimate of drug-likeness (QED) is 0.768. The molecule has 0 aliphatic carbocycles. The number of carbonyl (C=O) groups is 2. The van der Waals surface area contributed by atoms with Gasteiger partial charge in [-0.1, -0.05) is 13.8 Å². The van der Waals surface area contributed by atoms with Crippen molar-refractivity contribution in [3.8, 4) is 0 Å². The summed E-state index contributed by atoms with van der Waals surface area (Å²) in [5.41, 5.74) is 0. The lowest BCUT2D eigenvalue weighted by Gasteiger charge is -2.42. The minimum atomic E-state index is -4.22. The number of piperazine rings is 1. The first-order valence-electron chi connectivity index (χ1n) is 9.55. The number of nitrogens with one attached hydrogen (secondary N) is 1. The van der Waals surface area contributed by atoms with Crippen LogP contribution in [0.4, 0.5) is 8.78 Å². The molecule has 0 spiro atoms. The lowest BCUT2D eigenvalue weighted by molar-refractivity contribution is -0.141. The topological polar surface area (TPSA) is 86.8 Å². The van der Waals surface area contributed by atoms with Crippen molar-refractivity contribution in [2.24, 2.45) is 5.92 Å². The average molecular weight is 429 g/mol. The smallest absolute Gasteiger partial charge is 0.243 e. The van der Waals surface area contributed by atoms with Gasteiger partial charge in [-0.25, -0.2) is 17.2 Å². The van der Waals surface area contributed by atoms with Crippen molar-refractivity contribution in [2.75, 3.05) is 13.1 Å². The molecule has 29 heavy (non-hydrogen) atoms. The highest BCUT2D eigenvalue weighted by Crippen LogP contribution is 2.33. The third kappa shape index (κ3) is 4.28. The highest BCUT2D eigenvalue weighted by molar-refractivity contribution is 7.89. The van der Waals surface area contributed by atoms with Crippen molar-refractivity contribution in [2.45, 2.75) is 56.6 Å². The van der Waals surface area contributed by atoms with E-state index in [0.717, 1.165) is 16.4 Å². The summed E-state index contributed by atoms with van der Waals surface area (Å²) in [6.07, 6.45) is 0.735. The van der Waals surface area contributed by atoms with Crippen LogP contribution in [0, 0.1) is 17.6 Å². The highest BCUT2D eigenvalue weighted by atomic mass is 32.2. The number of halogens is 2. The van der Waals surface area contributed by atoms with E-state index in [0.29, 0.717) is 25.5 Å². The fourth-order valence-electron chi connectivity index (χ4n) is 4.10. The van der Waals surface area contributed by atoms with Gasteiger partial charge in [0.05, 0.1) is 4.90 Å². The number of fused-ring (bicyclic) bond motifs is 1. The van der Waals surface area contributed by atoms with Crippen LogP contribution in [0.1, 0.15) is 33.6 Å². The number of nitrogens with zero attached hydrogens (tertiary/aromatic N) is 2. The van der Waals surface area contributed by atoms with Crippen LogP contribution in [0.2, 0.25) is 0 Å².